The quantitative estimate of drug-likeness (QED) is 0.223. The summed E-state index contributed by atoms with van der Waals surface area (Å²) in [6.45, 7) is 1.98. The molecule has 0 spiro atoms. The van der Waals surface area contributed by atoms with Gasteiger partial charge in [-0.25, -0.2) is 9.67 Å². The van der Waals surface area contributed by atoms with Crippen LogP contribution in [-0.4, -0.2) is 13.9 Å². The fourth-order valence-electron chi connectivity index (χ4n) is 4.59. The summed E-state index contributed by atoms with van der Waals surface area (Å²) in [7, 11) is 1.92. The van der Waals surface area contributed by atoms with E-state index in [-0.39, 0.29) is 5.56 Å². The van der Waals surface area contributed by atoms with E-state index in [1.165, 1.54) is 16.7 Å². The van der Waals surface area contributed by atoms with Crippen molar-refractivity contribution < 1.29 is 0 Å². The Morgan fingerprint density at radius 1 is 0.838 bits per heavy atom. The Labute approximate surface area is 226 Å². The van der Waals surface area contributed by atoms with Crippen molar-refractivity contribution in [1.82, 2.24) is 13.9 Å². The van der Waals surface area contributed by atoms with Crippen LogP contribution in [0.25, 0.3) is 33.4 Å². The van der Waals surface area contributed by atoms with Gasteiger partial charge in [-0.3, -0.25) is 14.0 Å². The van der Waals surface area contributed by atoms with Gasteiger partial charge in [-0.15, -0.1) is 11.3 Å². The van der Waals surface area contributed by atoms with Gasteiger partial charge in [0.25, 0.3) is 5.56 Å². The molecule has 4 aromatic carbocycles. The molecule has 0 atom stereocenters. The van der Waals surface area contributed by atoms with E-state index >= 15 is 0 Å². The second kappa shape index (κ2) is 9.50. The van der Waals surface area contributed by atoms with E-state index in [2.05, 4.69) is 51.6 Å². The van der Waals surface area contributed by atoms with Gasteiger partial charge in [0.05, 0.1) is 22.8 Å². The predicted molar refractivity (Wildman–Crippen MR) is 155 cm³/mol. The lowest BCUT2D eigenvalue weighted by atomic mass is 10.1. The molecule has 182 valence electrons. The normalized spacial score (nSPS) is 11.9. The highest BCUT2D eigenvalue weighted by Crippen LogP contribution is 2.28. The van der Waals surface area contributed by atoms with Crippen LogP contribution in [0, 0.1) is 6.92 Å². The maximum Gasteiger partial charge on any atom is 0.296 e. The molecule has 0 amide bonds. The third kappa shape index (κ3) is 4.20. The minimum atomic E-state index is -0.0936. The summed E-state index contributed by atoms with van der Waals surface area (Å²) in [5.41, 5.74) is 4.94. The van der Waals surface area contributed by atoms with E-state index in [0.29, 0.717) is 5.69 Å². The average Bonchev–Trinajstić information content (AvgIpc) is 3.42. The molecule has 0 unspecified atom stereocenters. The summed E-state index contributed by atoms with van der Waals surface area (Å²) in [5.74, 6) is 0. The van der Waals surface area contributed by atoms with Gasteiger partial charge in [0.15, 0.2) is 4.80 Å². The first-order valence-electron chi connectivity index (χ1n) is 11.9. The summed E-state index contributed by atoms with van der Waals surface area (Å²) < 4.78 is 6.62. The van der Waals surface area contributed by atoms with Gasteiger partial charge in [0.2, 0.25) is 0 Å². The number of benzene rings is 4. The molecule has 0 saturated carbocycles. The fraction of sp³-hybridized carbons (Fsp3) is 0.0667. The molecular formula is C30H23BrN4OS. The first-order chi connectivity index (χ1) is 18.0. The van der Waals surface area contributed by atoms with Crippen molar-refractivity contribution in [3.05, 3.63) is 128 Å². The number of aromatic nitrogens is 3. The molecule has 6 aromatic rings. The van der Waals surface area contributed by atoms with Crippen LogP contribution in [0.3, 0.4) is 0 Å². The molecule has 37 heavy (non-hydrogen) atoms. The van der Waals surface area contributed by atoms with Crippen molar-refractivity contribution >= 4 is 43.7 Å². The number of nitrogens with zero attached hydrogens (tertiary/aromatic N) is 4. The minimum Gasteiger partial charge on any atom is -0.283 e. The zero-order valence-electron chi connectivity index (χ0n) is 20.3. The van der Waals surface area contributed by atoms with Gasteiger partial charge in [-0.2, -0.15) is 0 Å². The molecule has 7 heteroatoms. The van der Waals surface area contributed by atoms with E-state index < -0.39 is 0 Å². The number of halogens is 1. The second-order valence-corrected chi connectivity index (χ2v) is 10.6. The standard InChI is InChI=1S/C30H23BrN4OS/c1-20-28(29(36)35(33(20)2)26-10-4-3-5-11-26)34-27(23-13-12-21-8-6-7-9-22(21)18-23)19-37-30(34)32-25-16-14-24(31)15-17-25/h3-19H,1-2H3. The van der Waals surface area contributed by atoms with Crippen LogP contribution in [0.4, 0.5) is 5.69 Å². The molecule has 0 saturated heterocycles. The van der Waals surface area contributed by atoms with Crippen molar-refractivity contribution in [2.24, 2.45) is 12.0 Å². The van der Waals surface area contributed by atoms with Crippen molar-refractivity contribution in [2.45, 2.75) is 6.92 Å². The Kier molecular flexibility index (Phi) is 6.02. The molecular weight excluding hydrogens is 544 g/mol. The SMILES string of the molecule is Cc1c(-n2c(-c3ccc4ccccc4c3)csc2=Nc2ccc(Br)cc2)c(=O)n(-c2ccccc2)n1C. The van der Waals surface area contributed by atoms with Crippen molar-refractivity contribution in [3.8, 4) is 22.6 Å². The minimum absolute atomic E-state index is 0.0936. The van der Waals surface area contributed by atoms with Crippen LogP contribution >= 0.6 is 27.3 Å². The Morgan fingerprint density at radius 2 is 1.54 bits per heavy atom. The molecule has 0 radical (unpaired) electrons. The highest BCUT2D eigenvalue weighted by Gasteiger charge is 2.22. The molecule has 2 aromatic heterocycles. The maximum atomic E-state index is 14.0. The van der Waals surface area contributed by atoms with Gasteiger partial charge in [-0.1, -0.05) is 70.5 Å². The van der Waals surface area contributed by atoms with E-state index in [1.54, 1.807) is 4.68 Å². The number of thiazole rings is 1. The maximum absolute atomic E-state index is 14.0. The third-order valence-electron chi connectivity index (χ3n) is 6.55. The number of rotatable bonds is 4. The molecule has 0 fully saturated rings. The number of para-hydroxylation sites is 1. The third-order valence-corrected chi connectivity index (χ3v) is 7.91. The largest absolute Gasteiger partial charge is 0.296 e. The van der Waals surface area contributed by atoms with Gasteiger partial charge in [0.1, 0.15) is 5.69 Å². The molecule has 2 heterocycles. The summed E-state index contributed by atoms with van der Waals surface area (Å²) in [6.07, 6.45) is 0. The number of hydrogen-bond acceptors (Lipinski definition) is 3. The van der Waals surface area contributed by atoms with Crippen molar-refractivity contribution in [2.75, 3.05) is 0 Å². The van der Waals surface area contributed by atoms with Crippen LogP contribution in [0.5, 0.6) is 0 Å². The van der Waals surface area contributed by atoms with E-state index in [4.69, 9.17) is 4.99 Å². The fourth-order valence-corrected chi connectivity index (χ4v) is 5.77. The van der Waals surface area contributed by atoms with E-state index in [0.717, 1.165) is 43.0 Å². The summed E-state index contributed by atoms with van der Waals surface area (Å²) >= 11 is 5.02. The van der Waals surface area contributed by atoms with Gasteiger partial charge >= 0.3 is 0 Å². The highest BCUT2D eigenvalue weighted by atomic mass is 79.9. The molecule has 0 aliphatic rings. The topological polar surface area (TPSA) is 44.2 Å². The Morgan fingerprint density at radius 3 is 2.30 bits per heavy atom. The van der Waals surface area contributed by atoms with Crippen molar-refractivity contribution in [1.29, 1.82) is 0 Å². The molecule has 5 nitrogen and oxygen atoms in total. The van der Waals surface area contributed by atoms with Crippen LogP contribution in [0.15, 0.2) is 117 Å². The zero-order valence-corrected chi connectivity index (χ0v) is 22.7. The zero-order chi connectivity index (χ0) is 25.5. The monoisotopic (exact) mass is 566 g/mol. The molecule has 0 aliphatic heterocycles. The lowest BCUT2D eigenvalue weighted by molar-refractivity contribution is 0.630. The molecule has 0 N–H and O–H groups in total. The van der Waals surface area contributed by atoms with Gasteiger partial charge < -0.3 is 0 Å². The van der Waals surface area contributed by atoms with E-state index in [1.807, 2.05) is 90.0 Å². The van der Waals surface area contributed by atoms with Crippen LogP contribution in [0.2, 0.25) is 0 Å². The average molecular weight is 568 g/mol. The number of fused-ring (bicyclic) bond motifs is 1. The van der Waals surface area contributed by atoms with Crippen LogP contribution < -0.4 is 10.4 Å². The van der Waals surface area contributed by atoms with Crippen LogP contribution in [-0.2, 0) is 7.05 Å². The summed E-state index contributed by atoms with van der Waals surface area (Å²) in [5, 5.41) is 4.41. The first-order valence-corrected chi connectivity index (χ1v) is 13.5. The Balaban J connectivity index is 1.65. The molecule has 0 aliphatic carbocycles. The smallest absolute Gasteiger partial charge is 0.283 e. The van der Waals surface area contributed by atoms with E-state index in [9.17, 15) is 4.79 Å². The highest BCUT2D eigenvalue weighted by molar-refractivity contribution is 9.10. The lowest BCUT2D eigenvalue weighted by Crippen LogP contribution is -2.24. The summed E-state index contributed by atoms with van der Waals surface area (Å²) in [6, 6.07) is 32.3. The predicted octanol–water partition coefficient (Wildman–Crippen LogP) is 7.15. The molecule has 0 bridgehead atoms. The number of hydrogen-bond donors (Lipinski definition) is 0. The first kappa shape index (κ1) is 23.5. The van der Waals surface area contributed by atoms with Gasteiger partial charge in [0, 0.05) is 22.5 Å². The lowest BCUT2D eigenvalue weighted by Gasteiger charge is -2.09. The summed E-state index contributed by atoms with van der Waals surface area (Å²) in [4.78, 5) is 19.7. The Hall–Kier alpha value is -3.94. The Bertz CT molecular complexity index is 1880. The second-order valence-electron chi connectivity index (χ2n) is 8.80. The van der Waals surface area contributed by atoms with Crippen LogP contribution in [0.1, 0.15) is 5.69 Å². The van der Waals surface area contributed by atoms with Crippen molar-refractivity contribution in [3.63, 3.8) is 0 Å². The van der Waals surface area contributed by atoms with Gasteiger partial charge in [-0.05, 0) is 60.2 Å². The molecule has 6 rings (SSSR count).